The van der Waals surface area contributed by atoms with Crippen molar-refractivity contribution in [2.45, 2.75) is 25.3 Å². The average molecular weight is 356 g/mol. The molecular formula is C14H18BrN3OS. The quantitative estimate of drug-likeness (QED) is 0.816. The molecule has 0 radical (unpaired) electrons. The van der Waals surface area contributed by atoms with Gasteiger partial charge in [0.25, 0.3) is 0 Å². The first-order valence-electron chi connectivity index (χ1n) is 6.62. The maximum atomic E-state index is 12.1. The number of nitrogens with two attached hydrogens (primary N) is 1. The second-order valence-corrected chi connectivity index (χ2v) is 6.20. The smallest absolute Gasteiger partial charge is 0.242 e. The minimum Gasteiger partial charge on any atom is -0.389 e. The maximum Gasteiger partial charge on any atom is 0.242 e. The van der Waals surface area contributed by atoms with Crippen LogP contribution in [0, 0.1) is 0 Å². The van der Waals surface area contributed by atoms with Crippen molar-refractivity contribution in [1.82, 2.24) is 5.32 Å². The largest absolute Gasteiger partial charge is 0.389 e. The molecule has 1 aliphatic heterocycles. The van der Waals surface area contributed by atoms with E-state index in [2.05, 4.69) is 26.1 Å². The van der Waals surface area contributed by atoms with Crippen LogP contribution >= 0.6 is 28.1 Å². The Morgan fingerprint density at radius 2 is 2.25 bits per heavy atom. The van der Waals surface area contributed by atoms with Crippen LogP contribution in [0.1, 0.15) is 24.8 Å². The molecule has 108 valence electrons. The Morgan fingerprint density at radius 3 is 2.90 bits per heavy atom. The van der Waals surface area contributed by atoms with E-state index in [-0.39, 0.29) is 11.9 Å². The van der Waals surface area contributed by atoms with Crippen LogP contribution < -0.4 is 16.0 Å². The summed E-state index contributed by atoms with van der Waals surface area (Å²) in [5.74, 6) is 0.0431. The first-order chi connectivity index (χ1) is 9.54. The van der Waals surface area contributed by atoms with Crippen molar-refractivity contribution >= 4 is 44.7 Å². The van der Waals surface area contributed by atoms with Gasteiger partial charge in [-0.15, -0.1) is 0 Å². The Bertz CT molecular complexity index is 535. The highest BCUT2D eigenvalue weighted by Gasteiger charge is 2.29. The van der Waals surface area contributed by atoms with Gasteiger partial charge in [0, 0.05) is 29.3 Å². The number of hydrogen-bond acceptors (Lipinski definition) is 3. The summed E-state index contributed by atoms with van der Waals surface area (Å²) < 4.78 is 0.928. The summed E-state index contributed by atoms with van der Waals surface area (Å²) in [6.45, 7) is 0.843. The van der Waals surface area contributed by atoms with Gasteiger partial charge in [-0.25, -0.2) is 0 Å². The van der Waals surface area contributed by atoms with Crippen LogP contribution in [-0.2, 0) is 4.79 Å². The van der Waals surface area contributed by atoms with E-state index in [0.29, 0.717) is 4.99 Å². The number of thiocarbonyl (C=S) groups is 1. The number of halogens is 1. The van der Waals surface area contributed by atoms with Crippen molar-refractivity contribution in [2.24, 2.45) is 5.73 Å². The van der Waals surface area contributed by atoms with Crippen LogP contribution in [-0.4, -0.2) is 30.5 Å². The summed E-state index contributed by atoms with van der Waals surface area (Å²) in [7, 11) is 1.67. The fraction of sp³-hybridized carbons (Fsp3) is 0.429. The van der Waals surface area contributed by atoms with E-state index < -0.39 is 0 Å². The zero-order valence-corrected chi connectivity index (χ0v) is 13.8. The summed E-state index contributed by atoms with van der Waals surface area (Å²) >= 11 is 8.57. The first kappa shape index (κ1) is 15.3. The predicted molar refractivity (Wildman–Crippen MR) is 89.1 cm³/mol. The standard InChI is InChI=1S/C14H18BrN3OS/c1-17-14(19)12-4-2-3-7-18(12)11-6-5-9(15)8-10(11)13(16)20/h5-6,8,12H,2-4,7H2,1H3,(H2,16,20)(H,17,19). The number of carbonyl (C=O) groups excluding carboxylic acids is 1. The van der Waals surface area contributed by atoms with Gasteiger partial charge in [0.1, 0.15) is 11.0 Å². The van der Waals surface area contributed by atoms with Crippen LogP contribution in [0.5, 0.6) is 0 Å². The number of rotatable bonds is 3. The van der Waals surface area contributed by atoms with Crippen molar-refractivity contribution < 1.29 is 4.79 Å². The number of anilines is 1. The van der Waals surface area contributed by atoms with E-state index in [1.165, 1.54) is 0 Å². The molecular weight excluding hydrogens is 338 g/mol. The van der Waals surface area contributed by atoms with E-state index in [4.69, 9.17) is 18.0 Å². The molecule has 1 saturated heterocycles. The minimum atomic E-state index is -0.150. The highest BCUT2D eigenvalue weighted by molar-refractivity contribution is 9.10. The molecule has 0 spiro atoms. The van der Waals surface area contributed by atoms with Crippen molar-refractivity contribution in [2.75, 3.05) is 18.5 Å². The van der Waals surface area contributed by atoms with E-state index in [9.17, 15) is 4.79 Å². The zero-order chi connectivity index (χ0) is 14.7. The molecule has 1 atom stereocenters. The van der Waals surface area contributed by atoms with Gasteiger partial charge in [0.15, 0.2) is 0 Å². The van der Waals surface area contributed by atoms with Crippen LogP contribution in [0.25, 0.3) is 0 Å². The third kappa shape index (κ3) is 3.12. The molecule has 2 rings (SSSR count). The van der Waals surface area contributed by atoms with Crippen molar-refractivity contribution in [3.8, 4) is 0 Å². The molecule has 1 fully saturated rings. The van der Waals surface area contributed by atoms with E-state index >= 15 is 0 Å². The molecule has 0 aliphatic carbocycles. The monoisotopic (exact) mass is 355 g/mol. The van der Waals surface area contributed by atoms with Gasteiger partial charge < -0.3 is 16.0 Å². The fourth-order valence-electron chi connectivity index (χ4n) is 2.62. The summed E-state index contributed by atoms with van der Waals surface area (Å²) in [6, 6.07) is 5.68. The molecule has 0 saturated carbocycles. The molecule has 1 aromatic rings. The maximum absolute atomic E-state index is 12.1. The topological polar surface area (TPSA) is 58.4 Å². The van der Waals surface area contributed by atoms with E-state index in [0.717, 1.165) is 41.5 Å². The SMILES string of the molecule is CNC(=O)C1CCCCN1c1ccc(Br)cc1C(N)=S. The number of hydrogen-bond donors (Lipinski definition) is 2. The molecule has 6 heteroatoms. The normalized spacial score (nSPS) is 18.7. The van der Waals surface area contributed by atoms with Crippen LogP contribution in [0.15, 0.2) is 22.7 Å². The molecule has 1 amide bonds. The number of piperidine rings is 1. The number of amides is 1. The summed E-state index contributed by atoms with van der Waals surface area (Å²) in [4.78, 5) is 14.5. The third-order valence-corrected chi connectivity index (χ3v) is 4.30. The number of likely N-dealkylation sites (N-methyl/N-ethyl adjacent to an activating group) is 1. The van der Waals surface area contributed by atoms with E-state index in [1.54, 1.807) is 7.05 Å². The first-order valence-corrected chi connectivity index (χ1v) is 7.82. The second-order valence-electron chi connectivity index (χ2n) is 4.84. The number of nitrogens with zero attached hydrogens (tertiary/aromatic N) is 1. The van der Waals surface area contributed by atoms with Gasteiger partial charge in [-0.1, -0.05) is 28.1 Å². The van der Waals surface area contributed by atoms with E-state index in [1.807, 2.05) is 18.2 Å². The van der Waals surface area contributed by atoms with Crippen LogP contribution in [0.4, 0.5) is 5.69 Å². The second kappa shape index (κ2) is 6.54. The highest BCUT2D eigenvalue weighted by Crippen LogP contribution is 2.30. The van der Waals surface area contributed by atoms with Gasteiger partial charge >= 0.3 is 0 Å². The Hall–Kier alpha value is -1.14. The Balaban J connectivity index is 2.42. The molecule has 1 heterocycles. The number of carbonyl (C=O) groups is 1. The van der Waals surface area contributed by atoms with Crippen LogP contribution in [0.2, 0.25) is 0 Å². The molecule has 1 unspecified atom stereocenters. The number of nitrogens with one attached hydrogen (secondary N) is 1. The van der Waals surface area contributed by atoms with Gasteiger partial charge in [0.05, 0.1) is 0 Å². The Labute approximate surface area is 132 Å². The molecule has 1 aromatic carbocycles. The van der Waals surface area contributed by atoms with Gasteiger partial charge in [-0.3, -0.25) is 4.79 Å². The zero-order valence-electron chi connectivity index (χ0n) is 11.4. The third-order valence-electron chi connectivity index (χ3n) is 3.59. The lowest BCUT2D eigenvalue weighted by molar-refractivity contribution is -0.122. The Morgan fingerprint density at radius 1 is 1.50 bits per heavy atom. The lowest BCUT2D eigenvalue weighted by Crippen LogP contribution is -2.49. The van der Waals surface area contributed by atoms with Gasteiger partial charge in [0.2, 0.25) is 5.91 Å². The van der Waals surface area contributed by atoms with Gasteiger partial charge in [-0.2, -0.15) is 0 Å². The Kier molecular flexibility index (Phi) is 4.99. The molecule has 1 aliphatic rings. The lowest BCUT2D eigenvalue weighted by atomic mass is 9.99. The molecule has 4 nitrogen and oxygen atoms in total. The summed E-state index contributed by atoms with van der Waals surface area (Å²) in [5.41, 5.74) is 7.58. The highest BCUT2D eigenvalue weighted by atomic mass is 79.9. The molecule has 0 bridgehead atoms. The minimum absolute atomic E-state index is 0.0431. The predicted octanol–water partition coefficient (Wildman–Crippen LogP) is 2.19. The summed E-state index contributed by atoms with van der Waals surface area (Å²) in [6.07, 6.45) is 2.99. The van der Waals surface area contributed by atoms with Crippen molar-refractivity contribution in [3.63, 3.8) is 0 Å². The number of benzene rings is 1. The summed E-state index contributed by atoms with van der Waals surface area (Å²) in [5, 5.41) is 2.74. The van der Waals surface area contributed by atoms with Gasteiger partial charge in [-0.05, 0) is 37.5 Å². The lowest BCUT2D eigenvalue weighted by Gasteiger charge is -2.37. The van der Waals surface area contributed by atoms with Crippen LogP contribution in [0.3, 0.4) is 0 Å². The molecule has 0 aromatic heterocycles. The molecule has 20 heavy (non-hydrogen) atoms. The fourth-order valence-corrected chi connectivity index (χ4v) is 3.14. The molecule has 3 N–H and O–H groups in total. The van der Waals surface area contributed by atoms with Crippen molar-refractivity contribution in [1.29, 1.82) is 0 Å². The van der Waals surface area contributed by atoms with Crippen molar-refractivity contribution in [3.05, 3.63) is 28.2 Å². The average Bonchev–Trinajstić information content (AvgIpc) is 2.46.